The zero-order chi connectivity index (χ0) is 23.0. The van der Waals surface area contributed by atoms with Crippen LogP contribution in [-0.4, -0.2) is 69.5 Å². The van der Waals surface area contributed by atoms with Crippen LogP contribution < -0.4 is 5.32 Å². The molecule has 32 heavy (non-hydrogen) atoms. The number of hydrogen-bond donors (Lipinski definition) is 1. The number of rotatable bonds is 10. The van der Waals surface area contributed by atoms with Gasteiger partial charge in [-0.05, 0) is 54.9 Å². The maximum atomic E-state index is 13.2. The van der Waals surface area contributed by atoms with Gasteiger partial charge in [0.2, 0.25) is 15.9 Å². The van der Waals surface area contributed by atoms with E-state index in [9.17, 15) is 13.2 Å². The van der Waals surface area contributed by atoms with Crippen LogP contribution in [-0.2, 0) is 26.1 Å². The van der Waals surface area contributed by atoms with Crippen molar-refractivity contribution in [2.75, 3.05) is 45.9 Å². The molecule has 0 saturated carbocycles. The van der Waals surface area contributed by atoms with E-state index in [1.165, 1.54) is 24.3 Å². The van der Waals surface area contributed by atoms with Gasteiger partial charge in [-0.3, -0.25) is 9.69 Å². The summed E-state index contributed by atoms with van der Waals surface area (Å²) in [5.74, 6) is -0.349. The fourth-order valence-corrected chi connectivity index (χ4v) is 4.98. The molecule has 1 heterocycles. The van der Waals surface area contributed by atoms with E-state index >= 15 is 0 Å². The summed E-state index contributed by atoms with van der Waals surface area (Å²) in [6.07, 6.45) is 0.785. The van der Waals surface area contributed by atoms with Crippen molar-refractivity contribution in [1.29, 1.82) is 0 Å². The molecular weight excluding hydrogens is 473 g/mol. The van der Waals surface area contributed by atoms with Crippen molar-refractivity contribution in [2.45, 2.75) is 17.9 Å². The van der Waals surface area contributed by atoms with Crippen molar-refractivity contribution in [1.82, 2.24) is 14.5 Å². The van der Waals surface area contributed by atoms with Gasteiger partial charge in [0.15, 0.2) is 0 Å². The summed E-state index contributed by atoms with van der Waals surface area (Å²) in [5.41, 5.74) is 0.729. The standard InChI is InChI=1S/C22H27Cl2N3O4S/c23-19-4-2-18(3-5-19)16-27(32(29,30)21-8-6-20(24)7-9-21)17-22(28)25-10-1-11-26-12-14-31-15-13-26/h2-9H,1,10-17H2,(H,25,28). The molecule has 1 aliphatic heterocycles. The molecule has 1 aliphatic rings. The predicted molar refractivity (Wildman–Crippen MR) is 125 cm³/mol. The third kappa shape index (κ3) is 7.43. The van der Waals surface area contributed by atoms with Crippen molar-refractivity contribution in [2.24, 2.45) is 0 Å². The maximum Gasteiger partial charge on any atom is 0.243 e. The van der Waals surface area contributed by atoms with Crippen LogP contribution in [0.3, 0.4) is 0 Å². The highest BCUT2D eigenvalue weighted by atomic mass is 35.5. The Morgan fingerprint density at radius 3 is 2.22 bits per heavy atom. The molecular formula is C22H27Cl2N3O4S. The molecule has 174 valence electrons. The smallest absolute Gasteiger partial charge is 0.243 e. The van der Waals surface area contributed by atoms with E-state index in [2.05, 4.69) is 10.2 Å². The Morgan fingerprint density at radius 2 is 1.59 bits per heavy atom. The average molecular weight is 500 g/mol. The van der Waals surface area contributed by atoms with Crippen molar-refractivity contribution < 1.29 is 17.9 Å². The number of sulfonamides is 1. The third-order valence-electron chi connectivity index (χ3n) is 5.12. The largest absolute Gasteiger partial charge is 0.379 e. The molecule has 2 aromatic carbocycles. The highest BCUT2D eigenvalue weighted by Crippen LogP contribution is 2.21. The fourth-order valence-electron chi connectivity index (χ4n) is 3.35. The number of hydrogen-bond acceptors (Lipinski definition) is 5. The number of nitrogens with one attached hydrogen (secondary N) is 1. The first-order chi connectivity index (χ1) is 15.3. The van der Waals surface area contributed by atoms with Crippen LogP contribution in [0.2, 0.25) is 10.0 Å². The highest BCUT2D eigenvalue weighted by Gasteiger charge is 2.27. The number of ether oxygens (including phenoxy) is 1. The van der Waals surface area contributed by atoms with Crippen LogP contribution in [0.25, 0.3) is 0 Å². The molecule has 1 N–H and O–H groups in total. The van der Waals surface area contributed by atoms with E-state index < -0.39 is 10.0 Å². The minimum absolute atomic E-state index is 0.0450. The number of nitrogens with zero attached hydrogens (tertiary/aromatic N) is 2. The van der Waals surface area contributed by atoms with E-state index in [4.69, 9.17) is 27.9 Å². The van der Waals surface area contributed by atoms with Crippen LogP contribution >= 0.6 is 23.2 Å². The van der Waals surface area contributed by atoms with E-state index in [-0.39, 0.29) is 23.9 Å². The van der Waals surface area contributed by atoms with Gasteiger partial charge in [0.05, 0.1) is 24.7 Å². The lowest BCUT2D eigenvalue weighted by molar-refractivity contribution is -0.121. The Balaban J connectivity index is 1.64. The normalized spacial score (nSPS) is 15.1. The second-order valence-corrected chi connectivity index (χ2v) is 10.3. The van der Waals surface area contributed by atoms with Crippen LogP contribution in [0.1, 0.15) is 12.0 Å². The van der Waals surface area contributed by atoms with E-state index in [0.717, 1.165) is 49.1 Å². The second kappa shape index (κ2) is 12.0. The Morgan fingerprint density at radius 1 is 1.00 bits per heavy atom. The first kappa shape index (κ1) is 25.0. The first-order valence-electron chi connectivity index (χ1n) is 10.4. The minimum Gasteiger partial charge on any atom is -0.379 e. The molecule has 3 rings (SSSR count). The van der Waals surface area contributed by atoms with Gasteiger partial charge in [-0.15, -0.1) is 0 Å². The predicted octanol–water partition coefficient (Wildman–Crippen LogP) is 3.02. The summed E-state index contributed by atoms with van der Waals surface area (Å²) in [6, 6.07) is 12.8. The zero-order valence-electron chi connectivity index (χ0n) is 17.7. The number of halogens is 2. The Hall–Kier alpha value is -1.68. The van der Waals surface area contributed by atoms with Crippen LogP contribution in [0, 0.1) is 0 Å². The Labute approximate surface area is 199 Å². The summed E-state index contributed by atoms with van der Waals surface area (Å²) < 4.78 is 33.0. The highest BCUT2D eigenvalue weighted by molar-refractivity contribution is 7.89. The van der Waals surface area contributed by atoms with E-state index in [1.54, 1.807) is 24.3 Å². The fraction of sp³-hybridized carbons (Fsp3) is 0.409. The van der Waals surface area contributed by atoms with Gasteiger partial charge in [-0.2, -0.15) is 4.31 Å². The zero-order valence-corrected chi connectivity index (χ0v) is 20.0. The molecule has 10 heteroatoms. The molecule has 0 atom stereocenters. The van der Waals surface area contributed by atoms with Crippen molar-refractivity contribution in [3.8, 4) is 0 Å². The third-order valence-corrected chi connectivity index (χ3v) is 7.43. The van der Waals surface area contributed by atoms with Crippen molar-refractivity contribution in [3.05, 3.63) is 64.1 Å². The quantitative estimate of drug-likeness (QED) is 0.508. The molecule has 0 bridgehead atoms. The van der Waals surface area contributed by atoms with Gasteiger partial charge in [0.25, 0.3) is 0 Å². The minimum atomic E-state index is -3.91. The lowest BCUT2D eigenvalue weighted by Gasteiger charge is -2.26. The molecule has 1 saturated heterocycles. The summed E-state index contributed by atoms with van der Waals surface area (Å²) in [4.78, 5) is 15.0. The van der Waals surface area contributed by atoms with E-state index in [1.807, 2.05) is 0 Å². The molecule has 0 spiro atoms. The van der Waals surface area contributed by atoms with Crippen molar-refractivity contribution >= 4 is 39.1 Å². The first-order valence-corrected chi connectivity index (χ1v) is 12.6. The molecule has 7 nitrogen and oxygen atoms in total. The second-order valence-electron chi connectivity index (χ2n) is 7.51. The van der Waals surface area contributed by atoms with Gasteiger partial charge in [0, 0.05) is 36.2 Å². The summed E-state index contributed by atoms with van der Waals surface area (Å²) in [5, 5.41) is 3.83. The van der Waals surface area contributed by atoms with Crippen LogP contribution in [0.15, 0.2) is 53.4 Å². The molecule has 0 radical (unpaired) electrons. The van der Waals surface area contributed by atoms with Gasteiger partial charge in [0.1, 0.15) is 0 Å². The number of carbonyl (C=O) groups is 1. The van der Waals surface area contributed by atoms with Gasteiger partial charge < -0.3 is 10.1 Å². The lowest BCUT2D eigenvalue weighted by atomic mass is 10.2. The topological polar surface area (TPSA) is 79.0 Å². The van der Waals surface area contributed by atoms with Gasteiger partial charge in [-0.25, -0.2) is 8.42 Å². The number of amides is 1. The van der Waals surface area contributed by atoms with Crippen LogP contribution in [0.5, 0.6) is 0 Å². The monoisotopic (exact) mass is 499 g/mol. The molecule has 0 unspecified atom stereocenters. The summed E-state index contributed by atoms with van der Waals surface area (Å²) >= 11 is 11.8. The molecule has 1 fully saturated rings. The molecule has 1 amide bonds. The summed E-state index contributed by atoms with van der Waals surface area (Å²) in [6.45, 7) is 4.34. The SMILES string of the molecule is O=C(CN(Cc1ccc(Cl)cc1)S(=O)(=O)c1ccc(Cl)cc1)NCCCN1CCOCC1. The molecule has 2 aromatic rings. The number of carbonyl (C=O) groups excluding carboxylic acids is 1. The number of benzene rings is 2. The van der Waals surface area contributed by atoms with E-state index in [0.29, 0.717) is 16.6 Å². The van der Waals surface area contributed by atoms with Gasteiger partial charge >= 0.3 is 0 Å². The van der Waals surface area contributed by atoms with Crippen LogP contribution in [0.4, 0.5) is 0 Å². The Kier molecular flexibility index (Phi) is 9.34. The molecule has 0 aliphatic carbocycles. The average Bonchev–Trinajstić information content (AvgIpc) is 2.79. The number of morpholine rings is 1. The van der Waals surface area contributed by atoms with Crippen molar-refractivity contribution in [3.63, 3.8) is 0 Å². The lowest BCUT2D eigenvalue weighted by Crippen LogP contribution is -2.41. The summed E-state index contributed by atoms with van der Waals surface area (Å²) in [7, 11) is -3.91. The Bertz CT molecular complexity index is 979. The van der Waals surface area contributed by atoms with Gasteiger partial charge in [-0.1, -0.05) is 35.3 Å². The maximum absolute atomic E-state index is 13.2. The molecule has 0 aromatic heterocycles.